The van der Waals surface area contributed by atoms with Crippen molar-refractivity contribution in [1.29, 1.82) is 0 Å². The van der Waals surface area contributed by atoms with Crippen molar-refractivity contribution in [2.24, 2.45) is 0 Å². The van der Waals surface area contributed by atoms with Gasteiger partial charge >= 0.3 is 0 Å². The van der Waals surface area contributed by atoms with Gasteiger partial charge in [-0.2, -0.15) is 0 Å². The molecule has 0 aliphatic rings. The summed E-state index contributed by atoms with van der Waals surface area (Å²) in [7, 11) is 4.98. The number of hydrogen-bond donors (Lipinski definition) is 1. The summed E-state index contributed by atoms with van der Waals surface area (Å²) < 4.78 is 18.3. The highest BCUT2D eigenvalue weighted by atomic mass is 19.1. The minimum atomic E-state index is -0.444. The number of carbonyl (C=O) groups excluding carboxylic acids is 1. The van der Waals surface area contributed by atoms with Crippen LogP contribution in [-0.4, -0.2) is 45.1 Å². The Morgan fingerprint density at radius 1 is 1.50 bits per heavy atom. The lowest BCUT2D eigenvalue weighted by atomic mass is 10.1. The summed E-state index contributed by atoms with van der Waals surface area (Å²) in [6, 6.07) is 4.57. The van der Waals surface area contributed by atoms with Crippen molar-refractivity contribution in [3.05, 3.63) is 29.6 Å². The molecule has 0 atom stereocenters. The van der Waals surface area contributed by atoms with E-state index in [9.17, 15) is 9.18 Å². The monoisotopic (exact) mass is 254 g/mol. The molecule has 100 valence electrons. The Morgan fingerprint density at radius 2 is 2.22 bits per heavy atom. The predicted molar refractivity (Wildman–Crippen MR) is 68.2 cm³/mol. The third-order valence-corrected chi connectivity index (χ3v) is 2.69. The number of carbonyl (C=O) groups is 1. The van der Waals surface area contributed by atoms with Crippen LogP contribution in [-0.2, 0) is 11.2 Å². The number of rotatable bonds is 6. The summed E-state index contributed by atoms with van der Waals surface area (Å²) in [4.78, 5) is 13.5. The minimum Gasteiger partial charge on any atom is -0.494 e. The van der Waals surface area contributed by atoms with Crippen LogP contribution >= 0.6 is 0 Å². The lowest BCUT2D eigenvalue weighted by Gasteiger charge is -2.17. The van der Waals surface area contributed by atoms with Crippen LogP contribution in [0.3, 0.4) is 0 Å². The second-order valence-corrected chi connectivity index (χ2v) is 4.06. The first kappa shape index (κ1) is 14.4. The van der Waals surface area contributed by atoms with Crippen LogP contribution in [0.2, 0.25) is 0 Å². The maximum Gasteiger partial charge on any atom is 0.226 e. The summed E-state index contributed by atoms with van der Waals surface area (Å²) in [5.41, 5.74) is 0.648. The Labute approximate surface area is 107 Å². The molecule has 18 heavy (non-hydrogen) atoms. The highest BCUT2D eigenvalue weighted by molar-refractivity contribution is 5.78. The van der Waals surface area contributed by atoms with Gasteiger partial charge in [0.2, 0.25) is 5.91 Å². The summed E-state index contributed by atoms with van der Waals surface area (Å²) in [6.45, 7) is 1.37. The second kappa shape index (κ2) is 6.96. The average Bonchev–Trinajstić information content (AvgIpc) is 2.36. The van der Waals surface area contributed by atoms with Gasteiger partial charge in [0, 0.05) is 20.1 Å². The maximum absolute atomic E-state index is 13.4. The van der Waals surface area contributed by atoms with Crippen molar-refractivity contribution >= 4 is 5.91 Å². The van der Waals surface area contributed by atoms with Crippen LogP contribution in [0.1, 0.15) is 5.56 Å². The number of hydrogen-bond acceptors (Lipinski definition) is 3. The SMILES string of the molecule is CNCCN(C)C(=O)Cc1ccc(OC)c(F)c1. The number of halogens is 1. The summed E-state index contributed by atoms with van der Waals surface area (Å²) in [5.74, 6) is -0.287. The molecular weight excluding hydrogens is 235 g/mol. The number of amides is 1. The quantitative estimate of drug-likeness (QED) is 0.825. The Bertz CT molecular complexity index is 410. The van der Waals surface area contributed by atoms with Crippen LogP contribution in [0.25, 0.3) is 0 Å². The van der Waals surface area contributed by atoms with E-state index in [4.69, 9.17) is 4.74 Å². The molecule has 0 aliphatic carbocycles. The number of benzene rings is 1. The van der Waals surface area contributed by atoms with Gasteiger partial charge in [0.15, 0.2) is 11.6 Å². The largest absolute Gasteiger partial charge is 0.494 e. The van der Waals surface area contributed by atoms with Crippen LogP contribution in [0, 0.1) is 5.82 Å². The smallest absolute Gasteiger partial charge is 0.226 e. The third-order valence-electron chi connectivity index (χ3n) is 2.69. The Morgan fingerprint density at radius 3 is 2.78 bits per heavy atom. The number of likely N-dealkylation sites (N-methyl/N-ethyl adjacent to an activating group) is 2. The number of nitrogens with one attached hydrogen (secondary N) is 1. The van der Waals surface area contributed by atoms with Gasteiger partial charge in [-0.1, -0.05) is 6.07 Å². The molecule has 0 saturated carbocycles. The molecule has 0 spiro atoms. The summed E-state index contributed by atoms with van der Waals surface area (Å²) >= 11 is 0. The van der Waals surface area contributed by atoms with Crippen LogP contribution in [0.15, 0.2) is 18.2 Å². The fraction of sp³-hybridized carbons (Fsp3) is 0.462. The molecule has 5 heteroatoms. The maximum atomic E-state index is 13.4. The molecule has 0 bridgehead atoms. The Balaban J connectivity index is 2.61. The molecule has 0 heterocycles. The van der Waals surface area contributed by atoms with E-state index in [1.165, 1.54) is 19.2 Å². The zero-order valence-electron chi connectivity index (χ0n) is 11.0. The average molecular weight is 254 g/mol. The lowest BCUT2D eigenvalue weighted by molar-refractivity contribution is -0.129. The second-order valence-electron chi connectivity index (χ2n) is 4.06. The molecule has 4 nitrogen and oxygen atoms in total. The van der Waals surface area contributed by atoms with E-state index in [0.717, 1.165) is 6.54 Å². The zero-order valence-corrected chi connectivity index (χ0v) is 11.0. The van der Waals surface area contributed by atoms with Crippen molar-refractivity contribution in [1.82, 2.24) is 10.2 Å². The molecule has 0 aliphatic heterocycles. The van der Waals surface area contributed by atoms with E-state index in [1.54, 1.807) is 18.0 Å². The van der Waals surface area contributed by atoms with Gasteiger partial charge < -0.3 is 15.0 Å². The van der Waals surface area contributed by atoms with Gasteiger partial charge in [-0.05, 0) is 24.7 Å². The van der Waals surface area contributed by atoms with Gasteiger partial charge in [0.25, 0.3) is 0 Å². The molecule has 0 fully saturated rings. The summed E-state index contributed by atoms with van der Waals surface area (Å²) in [5, 5.41) is 2.97. The van der Waals surface area contributed by atoms with Crippen molar-refractivity contribution < 1.29 is 13.9 Å². The van der Waals surface area contributed by atoms with Gasteiger partial charge in [-0.25, -0.2) is 4.39 Å². The highest BCUT2D eigenvalue weighted by Crippen LogP contribution is 2.18. The number of nitrogens with zero attached hydrogens (tertiary/aromatic N) is 1. The molecule has 1 aromatic rings. The third kappa shape index (κ3) is 4.00. The van der Waals surface area contributed by atoms with Crippen molar-refractivity contribution in [3.8, 4) is 5.75 Å². The van der Waals surface area contributed by atoms with Gasteiger partial charge in [-0.15, -0.1) is 0 Å². The van der Waals surface area contributed by atoms with Crippen molar-refractivity contribution in [3.63, 3.8) is 0 Å². The van der Waals surface area contributed by atoms with Crippen LogP contribution < -0.4 is 10.1 Å². The van der Waals surface area contributed by atoms with Crippen LogP contribution in [0.5, 0.6) is 5.75 Å². The first-order chi connectivity index (χ1) is 8.58. The Kier molecular flexibility index (Phi) is 5.58. The fourth-order valence-electron chi connectivity index (χ4n) is 1.53. The van der Waals surface area contributed by atoms with Gasteiger partial charge in [0.05, 0.1) is 13.5 Å². The van der Waals surface area contributed by atoms with E-state index >= 15 is 0 Å². The van der Waals surface area contributed by atoms with E-state index in [-0.39, 0.29) is 18.1 Å². The fourth-order valence-corrected chi connectivity index (χ4v) is 1.53. The molecule has 0 aromatic heterocycles. The summed E-state index contributed by atoms with van der Waals surface area (Å²) in [6.07, 6.45) is 0.196. The number of methoxy groups -OCH3 is 1. The number of ether oxygens (including phenoxy) is 1. The molecule has 0 unspecified atom stereocenters. The minimum absolute atomic E-state index is 0.0326. The highest BCUT2D eigenvalue weighted by Gasteiger charge is 2.11. The Hall–Kier alpha value is -1.62. The zero-order chi connectivity index (χ0) is 13.5. The molecule has 1 aromatic carbocycles. The first-order valence-electron chi connectivity index (χ1n) is 5.79. The van der Waals surface area contributed by atoms with E-state index in [0.29, 0.717) is 12.1 Å². The molecule has 1 N–H and O–H groups in total. The predicted octanol–water partition coefficient (Wildman–Crippen LogP) is 1.05. The van der Waals surface area contributed by atoms with Crippen molar-refractivity contribution in [2.45, 2.75) is 6.42 Å². The van der Waals surface area contributed by atoms with E-state index in [1.807, 2.05) is 7.05 Å². The van der Waals surface area contributed by atoms with Gasteiger partial charge in [0.1, 0.15) is 0 Å². The topological polar surface area (TPSA) is 41.6 Å². The van der Waals surface area contributed by atoms with Crippen molar-refractivity contribution in [2.75, 3.05) is 34.3 Å². The van der Waals surface area contributed by atoms with Gasteiger partial charge in [-0.3, -0.25) is 4.79 Å². The first-order valence-corrected chi connectivity index (χ1v) is 5.79. The molecule has 1 amide bonds. The molecule has 0 saturated heterocycles. The lowest BCUT2D eigenvalue weighted by Crippen LogP contribution is -2.33. The standard InChI is InChI=1S/C13H19FN2O2/c1-15-6-7-16(2)13(17)9-10-4-5-12(18-3)11(14)8-10/h4-5,8,15H,6-7,9H2,1-3H3. The molecular formula is C13H19FN2O2. The molecule has 1 rings (SSSR count). The van der Waals surface area contributed by atoms with E-state index < -0.39 is 5.82 Å². The van der Waals surface area contributed by atoms with Crippen LogP contribution in [0.4, 0.5) is 4.39 Å². The molecule has 0 radical (unpaired) electrons. The van der Waals surface area contributed by atoms with E-state index in [2.05, 4.69) is 5.32 Å². The normalized spacial score (nSPS) is 10.2.